The first-order valence-corrected chi connectivity index (χ1v) is 12.4. The molecule has 0 N–H and O–H groups in total. The summed E-state index contributed by atoms with van der Waals surface area (Å²) in [5.41, 5.74) is 1.44. The summed E-state index contributed by atoms with van der Waals surface area (Å²) < 4.78 is 22.3. The van der Waals surface area contributed by atoms with Crippen molar-refractivity contribution in [2.75, 3.05) is 19.8 Å². The third-order valence-corrected chi connectivity index (χ3v) is 5.50. The van der Waals surface area contributed by atoms with Crippen molar-refractivity contribution in [2.45, 2.75) is 97.4 Å². The number of hydrogen-bond donors (Lipinski definition) is 0. The Morgan fingerprint density at radius 3 is 1.94 bits per heavy atom. The van der Waals surface area contributed by atoms with Crippen LogP contribution in [-0.2, 0) is 25.6 Å². The van der Waals surface area contributed by atoms with Crippen LogP contribution in [0.4, 0.5) is 0 Å². The van der Waals surface area contributed by atoms with E-state index in [2.05, 4.69) is 13.8 Å². The van der Waals surface area contributed by atoms with E-state index in [9.17, 15) is 9.59 Å². The van der Waals surface area contributed by atoms with Crippen LogP contribution in [-0.4, -0.2) is 38.0 Å². The summed E-state index contributed by atoms with van der Waals surface area (Å²) in [5, 5.41) is 0. The maximum atomic E-state index is 12.6. The van der Waals surface area contributed by atoms with E-state index >= 15 is 0 Å². The van der Waals surface area contributed by atoms with Crippen LogP contribution in [0.25, 0.3) is 0 Å². The summed E-state index contributed by atoms with van der Waals surface area (Å²) in [6.45, 7) is 6.01. The number of carbonyl (C=O) groups excluding carboxylic acids is 2. The van der Waals surface area contributed by atoms with Crippen LogP contribution < -0.4 is 0 Å². The van der Waals surface area contributed by atoms with Gasteiger partial charge in [-0.25, -0.2) is 9.59 Å². The molecule has 0 spiro atoms. The lowest BCUT2D eigenvalue weighted by Crippen LogP contribution is -2.22. The smallest absolute Gasteiger partial charge is 0.338 e. The van der Waals surface area contributed by atoms with Gasteiger partial charge in [0.1, 0.15) is 0 Å². The van der Waals surface area contributed by atoms with E-state index in [0.29, 0.717) is 30.9 Å². The molecule has 0 bridgehead atoms. The minimum Gasteiger partial charge on any atom is -0.462 e. The zero-order chi connectivity index (χ0) is 23.0. The molecule has 1 unspecified atom stereocenters. The number of unbranched alkanes of at least 4 members (excludes halogenated alkanes) is 6. The fraction of sp³-hybridized carbons (Fsp3) is 0.692. The van der Waals surface area contributed by atoms with Crippen molar-refractivity contribution in [3.05, 3.63) is 34.9 Å². The quantitative estimate of drug-likeness (QED) is 0.235. The molecule has 32 heavy (non-hydrogen) atoms. The molecule has 0 saturated carbocycles. The zero-order valence-corrected chi connectivity index (χ0v) is 19.9. The fourth-order valence-electron chi connectivity index (χ4n) is 3.60. The summed E-state index contributed by atoms with van der Waals surface area (Å²) in [7, 11) is 0. The molecule has 1 heterocycles. The van der Waals surface area contributed by atoms with Crippen molar-refractivity contribution in [3.63, 3.8) is 0 Å². The Morgan fingerprint density at radius 2 is 1.44 bits per heavy atom. The first-order valence-electron chi connectivity index (χ1n) is 12.4. The molecule has 6 nitrogen and oxygen atoms in total. The minimum atomic E-state index is -0.422. The molecule has 2 rings (SSSR count). The number of hydrogen-bond acceptors (Lipinski definition) is 6. The van der Waals surface area contributed by atoms with Crippen LogP contribution in [0.1, 0.15) is 111 Å². The van der Waals surface area contributed by atoms with Gasteiger partial charge < -0.3 is 18.9 Å². The van der Waals surface area contributed by atoms with Gasteiger partial charge in [-0.2, -0.15) is 0 Å². The summed E-state index contributed by atoms with van der Waals surface area (Å²) in [5.74, 6) is -0.844. The van der Waals surface area contributed by atoms with Crippen LogP contribution in [0.3, 0.4) is 0 Å². The average molecular weight is 449 g/mol. The van der Waals surface area contributed by atoms with Gasteiger partial charge in [0.05, 0.1) is 30.9 Å². The molecule has 1 aliphatic heterocycles. The monoisotopic (exact) mass is 448 g/mol. The third-order valence-electron chi connectivity index (χ3n) is 5.50. The molecule has 6 heteroatoms. The van der Waals surface area contributed by atoms with Crippen LogP contribution >= 0.6 is 0 Å². The van der Waals surface area contributed by atoms with Gasteiger partial charge in [-0.1, -0.05) is 52.4 Å². The van der Waals surface area contributed by atoms with Crippen LogP contribution in [0.2, 0.25) is 0 Å². The van der Waals surface area contributed by atoms with E-state index in [-0.39, 0.29) is 12.9 Å². The minimum absolute atomic E-state index is 0.244. The van der Waals surface area contributed by atoms with Gasteiger partial charge >= 0.3 is 11.9 Å². The maximum absolute atomic E-state index is 12.6. The summed E-state index contributed by atoms with van der Waals surface area (Å²) >= 11 is 0. The topological polar surface area (TPSA) is 71.1 Å². The molecule has 180 valence electrons. The van der Waals surface area contributed by atoms with E-state index in [1.807, 2.05) is 0 Å². The van der Waals surface area contributed by atoms with Crippen LogP contribution in [0, 0.1) is 0 Å². The second-order valence-corrected chi connectivity index (χ2v) is 8.42. The Bertz CT molecular complexity index is 637. The Hall–Kier alpha value is -1.92. The predicted molar refractivity (Wildman–Crippen MR) is 124 cm³/mol. The molecule has 1 aromatic carbocycles. The molecule has 1 saturated heterocycles. The lowest BCUT2D eigenvalue weighted by molar-refractivity contribution is -0.168. The zero-order valence-electron chi connectivity index (χ0n) is 19.9. The number of esters is 2. The summed E-state index contributed by atoms with van der Waals surface area (Å²) in [6, 6.07) is 5.02. The largest absolute Gasteiger partial charge is 0.462 e. The first kappa shape index (κ1) is 26.3. The second kappa shape index (κ2) is 15.8. The SMILES string of the molecule is CCCCCCOC(=O)c1cc(COC2CCCCO2)cc(C(=O)OCCCCCC)c1. The number of ether oxygens (including phenoxy) is 4. The molecule has 1 fully saturated rings. The van der Waals surface area contributed by atoms with Gasteiger partial charge in [0.25, 0.3) is 0 Å². The highest BCUT2D eigenvalue weighted by Gasteiger charge is 2.18. The molecule has 1 aliphatic rings. The lowest BCUT2D eigenvalue weighted by atomic mass is 10.1. The molecular weight excluding hydrogens is 408 g/mol. The van der Waals surface area contributed by atoms with Crippen molar-refractivity contribution in [3.8, 4) is 0 Å². The maximum Gasteiger partial charge on any atom is 0.338 e. The molecule has 1 atom stereocenters. The van der Waals surface area contributed by atoms with Gasteiger partial charge in [-0.3, -0.25) is 0 Å². The Kier molecular flexibility index (Phi) is 13.0. The predicted octanol–water partition coefficient (Wildman–Crippen LogP) is 6.20. The van der Waals surface area contributed by atoms with Gasteiger partial charge in [0, 0.05) is 6.61 Å². The van der Waals surface area contributed by atoms with Crippen LogP contribution in [0.15, 0.2) is 18.2 Å². The van der Waals surface area contributed by atoms with Crippen molar-refractivity contribution >= 4 is 11.9 Å². The average Bonchev–Trinajstić information content (AvgIpc) is 2.82. The number of rotatable bonds is 15. The van der Waals surface area contributed by atoms with Crippen molar-refractivity contribution in [2.24, 2.45) is 0 Å². The highest BCUT2D eigenvalue weighted by Crippen LogP contribution is 2.19. The van der Waals surface area contributed by atoms with Gasteiger partial charge in [-0.05, 0) is 55.9 Å². The summed E-state index contributed by atoms with van der Waals surface area (Å²) in [6.07, 6.45) is 11.0. The highest BCUT2D eigenvalue weighted by atomic mass is 16.7. The summed E-state index contributed by atoms with van der Waals surface area (Å²) in [4.78, 5) is 25.2. The Labute approximate surface area is 193 Å². The van der Waals surface area contributed by atoms with Crippen LogP contribution in [0.5, 0.6) is 0 Å². The van der Waals surface area contributed by atoms with E-state index in [1.54, 1.807) is 18.2 Å². The molecule has 1 aromatic rings. The number of benzene rings is 1. The standard InChI is InChI=1S/C26H40O6/c1-3-5-7-10-15-30-25(27)22-17-21(20-32-24-13-9-12-14-29-24)18-23(19-22)26(28)31-16-11-8-6-4-2/h17-19,24H,3-16,20H2,1-2H3. The third kappa shape index (κ3) is 10.1. The molecule has 0 aromatic heterocycles. The van der Waals surface area contributed by atoms with Gasteiger partial charge in [-0.15, -0.1) is 0 Å². The van der Waals surface area contributed by atoms with Crippen molar-refractivity contribution < 1.29 is 28.5 Å². The molecule has 0 radical (unpaired) electrons. The Morgan fingerprint density at radius 1 is 0.844 bits per heavy atom. The van der Waals surface area contributed by atoms with E-state index in [0.717, 1.165) is 76.2 Å². The van der Waals surface area contributed by atoms with E-state index in [1.165, 1.54) is 0 Å². The molecule has 0 aliphatic carbocycles. The van der Waals surface area contributed by atoms with Crippen molar-refractivity contribution in [1.29, 1.82) is 0 Å². The fourth-order valence-corrected chi connectivity index (χ4v) is 3.60. The van der Waals surface area contributed by atoms with Crippen molar-refractivity contribution in [1.82, 2.24) is 0 Å². The first-order chi connectivity index (χ1) is 15.6. The highest BCUT2D eigenvalue weighted by molar-refractivity contribution is 5.95. The molecular formula is C26H40O6. The van der Waals surface area contributed by atoms with Gasteiger partial charge in [0.2, 0.25) is 0 Å². The van der Waals surface area contributed by atoms with E-state index < -0.39 is 11.9 Å². The number of carbonyl (C=O) groups is 2. The second-order valence-electron chi connectivity index (χ2n) is 8.42. The molecule has 0 amide bonds. The van der Waals surface area contributed by atoms with E-state index in [4.69, 9.17) is 18.9 Å². The normalized spacial score (nSPS) is 16.0. The Balaban J connectivity index is 2.00. The van der Waals surface area contributed by atoms with Gasteiger partial charge in [0.15, 0.2) is 6.29 Å². The lowest BCUT2D eigenvalue weighted by Gasteiger charge is -2.22.